The number of H-pyrrole nitrogens is 1. The van der Waals surface area contributed by atoms with Crippen LogP contribution < -0.4 is 4.74 Å². The molecule has 4 nitrogen and oxygen atoms in total. The first kappa shape index (κ1) is 13.9. The predicted octanol–water partition coefficient (Wildman–Crippen LogP) is 2.80. The van der Waals surface area contributed by atoms with E-state index in [1.165, 1.54) is 0 Å². The summed E-state index contributed by atoms with van der Waals surface area (Å²) in [6.07, 6.45) is 1.91. The van der Waals surface area contributed by atoms with Gasteiger partial charge < -0.3 is 14.6 Å². The molecule has 0 atom stereocenters. The number of aromatic amines is 1. The van der Waals surface area contributed by atoms with Gasteiger partial charge in [0, 0.05) is 23.7 Å². The van der Waals surface area contributed by atoms with Gasteiger partial charge in [0.05, 0.1) is 0 Å². The zero-order valence-corrected chi connectivity index (χ0v) is 12.4. The molecule has 0 fully saturated rings. The number of pyridine rings is 1. The largest absolute Gasteiger partial charge is 0.476 e. The molecule has 0 saturated carbocycles. The fourth-order valence-electron chi connectivity index (χ4n) is 1.94. The van der Waals surface area contributed by atoms with E-state index in [1.54, 1.807) is 0 Å². The van der Waals surface area contributed by atoms with E-state index in [0.717, 1.165) is 29.0 Å². The molecule has 0 bridgehead atoms. The van der Waals surface area contributed by atoms with Gasteiger partial charge in [0.15, 0.2) is 0 Å². The second-order valence-electron chi connectivity index (χ2n) is 6.16. The van der Waals surface area contributed by atoms with E-state index in [2.05, 4.69) is 41.7 Å². The summed E-state index contributed by atoms with van der Waals surface area (Å²) in [7, 11) is 4.07. The monoisotopic (exact) mass is 261 g/mol. The van der Waals surface area contributed by atoms with Crippen molar-refractivity contribution in [2.24, 2.45) is 0 Å². The Hall–Kier alpha value is -1.55. The molecule has 2 aromatic heterocycles. The van der Waals surface area contributed by atoms with Crippen LogP contribution in [0.25, 0.3) is 11.0 Å². The van der Waals surface area contributed by atoms with Crippen LogP contribution in [-0.4, -0.2) is 42.1 Å². The SMILES string of the molecule is CN(C)CCOc1nc2[nH]ccc2cc1C(C)(C)C. The van der Waals surface area contributed by atoms with Gasteiger partial charge in [-0.15, -0.1) is 0 Å². The number of fused-ring (bicyclic) bond motifs is 1. The summed E-state index contributed by atoms with van der Waals surface area (Å²) >= 11 is 0. The van der Waals surface area contributed by atoms with Crippen LogP contribution in [0.5, 0.6) is 5.88 Å². The fraction of sp³-hybridized carbons (Fsp3) is 0.533. The van der Waals surface area contributed by atoms with Crippen LogP contribution in [0, 0.1) is 0 Å². The molecule has 0 unspecified atom stereocenters. The molecule has 0 radical (unpaired) electrons. The molecule has 0 aliphatic carbocycles. The van der Waals surface area contributed by atoms with Crippen LogP contribution in [0.2, 0.25) is 0 Å². The lowest BCUT2D eigenvalue weighted by atomic mass is 9.87. The summed E-state index contributed by atoms with van der Waals surface area (Å²) in [5.41, 5.74) is 2.05. The van der Waals surface area contributed by atoms with Gasteiger partial charge in [-0.25, -0.2) is 0 Å². The Bertz CT molecular complexity index is 552. The van der Waals surface area contributed by atoms with Gasteiger partial charge in [-0.3, -0.25) is 0 Å². The molecule has 2 aromatic rings. The van der Waals surface area contributed by atoms with Crippen molar-refractivity contribution < 1.29 is 4.74 Å². The second kappa shape index (κ2) is 5.21. The quantitative estimate of drug-likeness (QED) is 0.920. The van der Waals surface area contributed by atoms with Crippen LogP contribution in [0.4, 0.5) is 0 Å². The molecule has 0 spiro atoms. The van der Waals surface area contributed by atoms with Crippen LogP contribution in [0.1, 0.15) is 26.3 Å². The van der Waals surface area contributed by atoms with Gasteiger partial charge in [0.25, 0.3) is 0 Å². The maximum atomic E-state index is 5.88. The van der Waals surface area contributed by atoms with E-state index in [0.29, 0.717) is 6.61 Å². The topological polar surface area (TPSA) is 41.1 Å². The van der Waals surface area contributed by atoms with Crippen LogP contribution in [-0.2, 0) is 5.41 Å². The number of nitrogens with one attached hydrogen (secondary N) is 1. The van der Waals surface area contributed by atoms with Crippen molar-refractivity contribution in [2.75, 3.05) is 27.2 Å². The zero-order valence-electron chi connectivity index (χ0n) is 12.4. The molecule has 0 aliphatic rings. The number of ether oxygens (including phenoxy) is 1. The summed E-state index contributed by atoms with van der Waals surface area (Å²) in [5, 5.41) is 1.13. The highest BCUT2D eigenvalue weighted by Crippen LogP contribution is 2.32. The van der Waals surface area contributed by atoms with E-state index < -0.39 is 0 Å². The number of hydrogen-bond acceptors (Lipinski definition) is 3. The van der Waals surface area contributed by atoms with Crippen molar-refractivity contribution in [1.29, 1.82) is 0 Å². The minimum Gasteiger partial charge on any atom is -0.476 e. The van der Waals surface area contributed by atoms with Crippen molar-refractivity contribution in [3.63, 3.8) is 0 Å². The average Bonchev–Trinajstić information content (AvgIpc) is 2.73. The molecule has 0 amide bonds. The maximum Gasteiger partial charge on any atom is 0.219 e. The standard InChI is InChI=1S/C15H23N3O/c1-15(2,3)12-10-11-6-7-16-13(11)17-14(12)19-9-8-18(4)5/h6-7,10H,8-9H2,1-5H3,(H,16,17). The molecule has 19 heavy (non-hydrogen) atoms. The number of rotatable bonds is 4. The Morgan fingerprint density at radius 1 is 1.32 bits per heavy atom. The second-order valence-corrected chi connectivity index (χ2v) is 6.16. The molecule has 0 aliphatic heterocycles. The molecule has 0 saturated heterocycles. The predicted molar refractivity (Wildman–Crippen MR) is 78.8 cm³/mol. The van der Waals surface area contributed by atoms with E-state index >= 15 is 0 Å². The van der Waals surface area contributed by atoms with E-state index in [-0.39, 0.29) is 5.41 Å². The van der Waals surface area contributed by atoms with E-state index in [9.17, 15) is 0 Å². The maximum absolute atomic E-state index is 5.88. The molecular weight excluding hydrogens is 238 g/mol. The summed E-state index contributed by atoms with van der Waals surface area (Å²) in [4.78, 5) is 9.84. The third kappa shape index (κ3) is 3.26. The summed E-state index contributed by atoms with van der Waals surface area (Å²) in [6, 6.07) is 4.21. The Morgan fingerprint density at radius 3 is 2.68 bits per heavy atom. The highest BCUT2D eigenvalue weighted by atomic mass is 16.5. The Labute approximate surface area is 114 Å². The smallest absolute Gasteiger partial charge is 0.219 e. The summed E-state index contributed by atoms with van der Waals surface area (Å²) in [6.45, 7) is 8.08. The minimum absolute atomic E-state index is 0.0198. The van der Waals surface area contributed by atoms with E-state index in [4.69, 9.17) is 4.74 Å². The molecule has 4 heteroatoms. The normalized spacial score (nSPS) is 12.3. The number of nitrogens with zero attached hydrogens (tertiary/aromatic N) is 2. The lowest BCUT2D eigenvalue weighted by molar-refractivity contribution is 0.249. The Kier molecular flexibility index (Phi) is 3.80. The van der Waals surface area contributed by atoms with Crippen molar-refractivity contribution in [3.8, 4) is 5.88 Å². The van der Waals surface area contributed by atoms with Crippen molar-refractivity contribution >= 4 is 11.0 Å². The summed E-state index contributed by atoms with van der Waals surface area (Å²) in [5.74, 6) is 0.740. The summed E-state index contributed by atoms with van der Waals surface area (Å²) < 4.78 is 5.88. The first-order valence-electron chi connectivity index (χ1n) is 6.64. The first-order valence-corrected chi connectivity index (χ1v) is 6.64. The van der Waals surface area contributed by atoms with Crippen molar-refractivity contribution in [1.82, 2.24) is 14.9 Å². The van der Waals surface area contributed by atoms with Gasteiger partial charge in [-0.05, 0) is 31.6 Å². The van der Waals surface area contributed by atoms with E-state index in [1.807, 2.05) is 26.4 Å². The third-order valence-electron chi connectivity index (χ3n) is 3.09. The van der Waals surface area contributed by atoms with Crippen LogP contribution in [0.3, 0.4) is 0 Å². The number of hydrogen-bond donors (Lipinski definition) is 1. The van der Waals surface area contributed by atoms with Gasteiger partial charge >= 0.3 is 0 Å². The Balaban J connectivity index is 2.33. The first-order chi connectivity index (χ1) is 8.88. The Morgan fingerprint density at radius 2 is 2.05 bits per heavy atom. The minimum atomic E-state index is 0.0198. The molecular formula is C15H23N3O. The van der Waals surface area contributed by atoms with Gasteiger partial charge in [0.1, 0.15) is 12.3 Å². The van der Waals surface area contributed by atoms with Gasteiger partial charge in [-0.2, -0.15) is 4.98 Å². The fourth-order valence-corrected chi connectivity index (χ4v) is 1.94. The number of aromatic nitrogens is 2. The average molecular weight is 261 g/mol. The van der Waals surface area contributed by atoms with Crippen molar-refractivity contribution in [3.05, 3.63) is 23.9 Å². The molecule has 104 valence electrons. The lowest BCUT2D eigenvalue weighted by Gasteiger charge is -2.22. The lowest BCUT2D eigenvalue weighted by Crippen LogP contribution is -2.21. The highest BCUT2D eigenvalue weighted by Gasteiger charge is 2.21. The molecule has 2 heterocycles. The highest BCUT2D eigenvalue weighted by molar-refractivity contribution is 5.77. The zero-order chi connectivity index (χ0) is 14.0. The van der Waals surface area contributed by atoms with Crippen LogP contribution >= 0.6 is 0 Å². The van der Waals surface area contributed by atoms with Gasteiger partial charge in [0.2, 0.25) is 5.88 Å². The van der Waals surface area contributed by atoms with Gasteiger partial charge in [-0.1, -0.05) is 20.8 Å². The molecule has 1 N–H and O–H groups in total. The number of likely N-dealkylation sites (N-methyl/N-ethyl adjacent to an activating group) is 1. The van der Waals surface area contributed by atoms with Crippen molar-refractivity contribution in [2.45, 2.75) is 26.2 Å². The molecule has 2 rings (SSSR count). The third-order valence-corrected chi connectivity index (χ3v) is 3.09. The van der Waals surface area contributed by atoms with Crippen LogP contribution in [0.15, 0.2) is 18.3 Å². The molecule has 0 aromatic carbocycles.